The summed E-state index contributed by atoms with van der Waals surface area (Å²) in [5.41, 5.74) is 19.8. The molecule has 0 aliphatic carbocycles. The van der Waals surface area contributed by atoms with Gasteiger partial charge in [-0.25, -0.2) is 0 Å². The number of nitrogens with zero attached hydrogens (tertiary/aromatic N) is 4. The molecule has 1 radical (unpaired) electrons. The Bertz CT molecular complexity index is 3360. The van der Waals surface area contributed by atoms with E-state index >= 15 is 0 Å². The summed E-state index contributed by atoms with van der Waals surface area (Å²) in [6.07, 6.45) is 11.2. The van der Waals surface area contributed by atoms with Gasteiger partial charge in [0.25, 0.3) is 0 Å². The van der Waals surface area contributed by atoms with Gasteiger partial charge in [-0.15, -0.1) is 70.8 Å². The first-order chi connectivity index (χ1) is 33.7. The van der Waals surface area contributed by atoms with Gasteiger partial charge in [0.15, 0.2) is 0 Å². The van der Waals surface area contributed by atoms with Gasteiger partial charge in [-0.1, -0.05) is 158 Å². The van der Waals surface area contributed by atoms with Crippen LogP contribution in [0.25, 0.3) is 89.2 Å². The van der Waals surface area contributed by atoms with Gasteiger partial charge < -0.3 is 9.97 Å². The largest absolute Gasteiger partial charge is 0.305 e. The molecule has 0 saturated heterocycles. The molecule has 4 nitrogen and oxygen atoms in total. The third kappa shape index (κ3) is 10.3. The number of benzene rings is 7. The molecule has 0 aliphatic heterocycles. The smallest absolute Gasteiger partial charge is 0.0892 e. The van der Waals surface area contributed by atoms with E-state index < -0.39 is 0 Å². The molecular formula is C64H46IrN4-2. The number of aryl methyl sites for hydroxylation is 4. The van der Waals surface area contributed by atoms with Gasteiger partial charge in [0.05, 0.1) is 11.4 Å². The first kappa shape index (κ1) is 44.9. The summed E-state index contributed by atoms with van der Waals surface area (Å²) in [6.45, 7) is 0. The van der Waals surface area contributed by atoms with Crippen molar-refractivity contribution >= 4 is 10.8 Å². The van der Waals surface area contributed by atoms with Crippen molar-refractivity contribution < 1.29 is 20.1 Å². The molecule has 69 heavy (non-hydrogen) atoms. The first-order valence-electron chi connectivity index (χ1n) is 23.2. The van der Waals surface area contributed by atoms with Gasteiger partial charge in [-0.05, 0) is 104 Å². The van der Waals surface area contributed by atoms with Crippen LogP contribution >= 0.6 is 0 Å². The molecule has 11 rings (SSSR count). The van der Waals surface area contributed by atoms with E-state index in [1.54, 1.807) is 0 Å². The molecule has 0 aliphatic rings. The Morgan fingerprint density at radius 1 is 0.304 bits per heavy atom. The van der Waals surface area contributed by atoms with Crippen LogP contribution < -0.4 is 0 Å². The topological polar surface area (TPSA) is 51.6 Å². The Morgan fingerprint density at radius 2 is 0.826 bits per heavy atom. The van der Waals surface area contributed by atoms with E-state index in [4.69, 9.17) is 9.97 Å². The SMILES string of the molecule is [Ir].[c-]1cc(CCc2cc(CCc3c[c-]c(-c4ccccn4)cc3)cc(-c3ccccc3-c3cnc(-c4cc5ccccc5cn4)cc3-c3ccc(-c4ccccc4)cc3)c2)ccc1-c1ccccn1. The van der Waals surface area contributed by atoms with Gasteiger partial charge in [0.1, 0.15) is 0 Å². The number of hydrogen-bond acceptors (Lipinski definition) is 4. The summed E-state index contributed by atoms with van der Waals surface area (Å²) < 4.78 is 0. The zero-order valence-corrected chi connectivity index (χ0v) is 40.3. The molecule has 0 saturated carbocycles. The fraction of sp³-hybridized carbons (Fsp3) is 0.0625. The zero-order chi connectivity index (χ0) is 45.5. The molecule has 0 bridgehead atoms. The number of fused-ring (bicyclic) bond motifs is 1. The van der Waals surface area contributed by atoms with E-state index in [1.807, 2.05) is 67.3 Å². The second-order valence-electron chi connectivity index (χ2n) is 17.2. The molecule has 0 spiro atoms. The maximum absolute atomic E-state index is 5.15. The van der Waals surface area contributed by atoms with Crippen molar-refractivity contribution in [1.29, 1.82) is 0 Å². The molecular weight excluding hydrogens is 1020 g/mol. The summed E-state index contributed by atoms with van der Waals surface area (Å²) in [4.78, 5) is 19.1. The molecule has 7 aromatic carbocycles. The van der Waals surface area contributed by atoms with Crippen molar-refractivity contribution in [2.75, 3.05) is 0 Å². The molecule has 11 aromatic rings. The summed E-state index contributed by atoms with van der Waals surface area (Å²) in [7, 11) is 0. The third-order valence-electron chi connectivity index (χ3n) is 12.7. The van der Waals surface area contributed by atoms with Crippen LogP contribution in [0.15, 0.2) is 231 Å². The number of aromatic nitrogens is 4. The van der Waals surface area contributed by atoms with E-state index in [1.165, 1.54) is 38.9 Å². The van der Waals surface area contributed by atoms with Crippen LogP contribution in [0.3, 0.4) is 0 Å². The average molecular weight is 1060 g/mol. The van der Waals surface area contributed by atoms with Crippen molar-refractivity contribution in [3.63, 3.8) is 0 Å². The minimum atomic E-state index is 0. The van der Waals surface area contributed by atoms with Crippen molar-refractivity contribution in [1.82, 2.24) is 19.9 Å². The van der Waals surface area contributed by atoms with Crippen LogP contribution in [0.5, 0.6) is 0 Å². The molecule has 4 aromatic heterocycles. The van der Waals surface area contributed by atoms with Crippen molar-refractivity contribution in [3.8, 4) is 78.4 Å². The maximum atomic E-state index is 5.15. The van der Waals surface area contributed by atoms with Gasteiger partial charge in [-0.2, -0.15) is 0 Å². The summed E-state index contributed by atoms with van der Waals surface area (Å²) in [5, 5.41) is 2.24. The van der Waals surface area contributed by atoms with E-state index in [-0.39, 0.29) is 20.1 Å². The van der Waals surface area contributed by atoms with Crippen molar-refractivity contribution in [2.24, 2.45) is 0 Å². The Labute approximate surface area is 417 Å². The van der Waals surface area contributed by atoms with Crippen LogP contribution in [0.2, 0.25) is 0 Å². The Balaban J connectivity index is 0.00000553. The second kappa shape index (κ2) is 20.9. The van der Waals surface area contributed by atoms with E-state index in [0.29, 0.717) is 0 Å². The summed E-state index contributed by atoms with van der Waals surface area (Å²) >= 11 is 0. The van der Waals surface area contributed by atoms with E-state index in [9.17, 15) is 0 Å². The Kier molecular flexibility index (Phi) is 13.6. The molecule has 333 valence electrons. The van der Waals surface area contributed by atoms with Crippen LogP contribution in [-0.2, 0) is 45.8 Å². The van der Waals surface area contributed by atoms with Crippen LogP contribution in [0.4, 0.5) is 0 Å². The van der Waals surface area contributed by atoms with E-state index in [2.05, 4.69) is 186 Å². The number of hydrogen-bond donors (Lipinski definition) is 0. The minimum absolute atomic E-state index is 0. The van der Waals surface area contributed by atoms with Gasteiger partial charge in [0, 0.05) is 55.8 Å². The summed E-state index contributed by atoms with van der Waals surface area (Å²) in [6, 6.07) is 80.0. The summed E-state index contributed by atoms with van der Waals surface area (Å²) in [5.74, 6) is 0. The third-order valence-corrected chi connectivity index (χ3v) is 12.7. The Hall–Kier alpha value is -7.95. The van der Waals surface area contributed by atoms with Gasteiger partial charge in [0.2, 0.25) is 0 Å². The minimum Gasteiger partial charge on any atom is -0.305 e. The van der Waals surface area contributed by atoms with Crippen molar-refractivity contribution in [3.05, 3.63) is 265 Å². The van der Waals surface area contributed by atoms with E-state index in [0.717, 1.165) is 98.2 Å². The predicted octanol–water partition coefficient (Wildman–Crippen LogP) is 15.3. The standard InChI is InChI=1S/C64H46N4.Ir/c1-2-12-49(13-3-1)50-32-34-51(35-33-50)59-42-64(63-41-54-14-4-5-15-55(54)43-67-63)68-44-60(59)58-17-7-6-16-57(58)56-39-47(22-20-45-24-28-52(29-25-45)61-18-8-10-36-65-61)38-48(40-56)23-21-46-26-30-53(31-27-46)62-19-9-11-37-66-62;/h1-19,24-28,30,32-44H,20-23H2;/q-2;. The average Bonchev–Trinajstić information content (AvgIpc) is 3.42. The maximum Gasteiger partial charge on any atom is 0.0892 e. The molecule has 4 heterocycles. The fourth-order valence-electron chi connectivity index (χ4n) is 9.09. The molecule has 5 heteroatoms. The molecule has 0 unspecified atom stereocenters. The quantitative estimate of drug-likeness (QED) is 0.108. The fourth-order valence-corrected chi connectivity index (χ4v) is 9.09. The monoisotopic (exact) mass is 1060 g/mol. The van der Waals surface area contributed by atoms with Crippen LogP contribution in [0, 0.1) is 12.1 Å². The van der Waals surface area contributed by atoms with Crippen LogP contribution in [0.1, 0.15) is 22.3 Å². The van der Waals surface area contributed by atoms with Gasteiger partial charge >= 0.3 is 0 Å². The molecule has 0 amide bonds. The zero-order valence-electron chi connectivity index (χ0n) is 37.9. The molecule has 0 atom stereocenters. The predicted molar refractivity (Wildman–Crippen MR) is 279 cm³/mol. The molecule has 0 N–H and O–H groups in total. The number of pyridine rings is 4. The van der Waals surface area contributed by atoms with Crippen molar-refractivity contribution in [2.45, 2.75) is 25.7 Å². The molecule has 0 fully saturated rings. The number of rotatable bonds is 13. The van der Waals surface area contributed by atoms with Gasteiger partial charge in [-0.3, -0.25) is 9.97 Å². The van der Waals surface area contributed by atoms with Crippen LogP contribution in [-0.4, -0.2) is 19.9 Å². The Morgan fingerprint density at radius 3 is 1.43 bits per heavy atom. The first-order valence-corrected chi connectivity index (χ1v) is 23.2. The normalized spacial score (nSPS) is 11.0. The second-order valence-corrected chi connectivity index (χ2v) is 17.2.